The summed E-state index contributed by atoms with van der Waals surface area (Å²) in [6, 6.07) is 14.8. The van der Waals surface area contributed by atoms with E-state index in [9.17, 15) is 4.79 Å². The van der Waals surface area contributed by atoms with Gasteiger partial charge in [-0.05, 0) is 37.3 Å². The summed E-state index contributed by atoms with van der Waals surface area (Å²) in [6.45, 7) is 3.80. The van der Waals surface area contributed by atoms with Crippen molar-refractivity contribution >= 4 is 40.7 Å². The number of para-hydroxylation sites is 1. The van der Waals surface area contributed by atoms with Crippen LogP contribution in [0.2, 0.25) is 10.0 Å². The quantitative estimate of drug-likeness (QED) is 0.788. The molecule has 2 aromatic rings. The molecule has 0 unspecified atom stereocenters. The van der Waals surface area contributed by atoms with E-state index in [1.54, 1.807) is 18.2 Å². The highest BCUT2D eigenvalue weighted by atomic mass is 35.5. The van der Waals surface area contributed by atoms with Crippen LogP contribution in [-0.4, -0.2) is 25.8 Å². The number of hydrogen-bond acceptors (Lipinski definition) is 3. The number of anilines is 2. The van der Waals surface area contributed by atoms with Crippen molar-refractivity contribution in [1.29, 1.82) is 0 Å². The number of halogens is 2. The summed E-state index contributed by atoms with van der Waals surface area (Å²) in [7, 11) is 0. The van der Waals surface area contributed by atoms with Crippen molar-refractivity contribution in [3.8, 4) is 0 Å². The minimum Gasteiger partial charge on any atom is -0.447 e. The van der Waals surface area contributed by atoms with Gasteiger partial charge in [0.15, 0.2) is 0 Å². The van der Waals surface area contributed by atoms with Crippen LogP contribution in [0.5, 0.6) is 0 Å². The summed E-state index contributed by atoms with van der Waals surface area (Å²) in [4.78, 5) is 13.9. The Bertz CT molecular complexity index is 650. The Hall–Kier alpha value is -1.91. The summed E-state index contributed by atoms with van der Waals surface area (Å²) >= 11 is 11.7. The van der Waals surface area contributed by atoms with E-state index in [0.717, 1.165) is 12.2 Å². The lowest BCUT2D eigenvalue weighted by molar-refractivity contribution is 0.164. The molecular formula is C17H18Cl2N2O2. The second kappa shape index (κ2) is 8.65. The fraction of sp³-hybridized carbons (Fsp3) is 0.235. The first-order valence-corrected chi connectivity index (χ1v) is 8.04. The molecule has 0 saturated carbocycles. The number of carbonyl (C=O) groups excluding carboxylic acids is 1. The smallest absolute Gasteiger partial charge is 0.411 e. The van der Waals surface area contributed by atoms with Gasteiger partial charge in [0.25, 0.3) is 0 Å². The molecule has 0 aliphatic carbocycles. The number of benzene rings is 2. The highest BCUT2D eigenvalue weighted by Gasteiger charge is 2.08. The predicted molar refractivity (Wildman–Crippen MR) is 95.8 cm³/mol. The highest BCUT2D eigenvalue weighted by Crippen LogP contribution is 2.25. The molecule has 1 N–H and O–H groups in total. The Morgan fingerprint density at radius 2 is 1.87 bits per heavy atom. The normalized spacial score (nSPS) is 10.2. The van der Waals surface area contributed by atoms with Gasteiger partial charge in [0.05, 0.1) is 16.6 Å². The zero-order valence-corrected chi connectivity index (χ0v) is 14.3. The molecule has 0 fully saturated rings. The number of nitrogens with one attached hydrogen (secondary N) is 1. The highest BCUT2D eigenvalue weighted by molar-refractivity contribution is 6.42. The predicted octanol–water partition coefficient (Wildman–Crippen LogP) is 5.07. The molecule has 2 rings (SSSR count). The maximum absolute atomic E-state index is 11.8. The summed E-state index contributed by atoms with van der Waals surface area (Å²) in [5.74, 6) is 0. The van der Waals surface area contributed by atoms with Crippen LogP contribution in [-0.2, 0) is 4.74 Å². The van der Waals surface area contributed by atoms with E-state index in [1.165, 1.54) is 0 Å². The topological polar surface area (TPSA) is 41.6 Å². The van der Waals surface area contributed by atoms with E-state index in [2.05, 4.69) is 17.1 Å². The van der Waals surface area contributed by atoms with Crippen molar-refractivity contribution in [2.24, 2.45) is 0 Å². The first-order chi connectivity index (χ1) is 11.1. The zero-order chi connectivity index (χ0) is 16.7. The summed E-state index contributed by atoms with van der Waals surface area (Å²) in [5.41, 5.74) is 1.64. The third-order valence-electron chi connectivity index (χ3n) is 3.26. The van der Waals surface area contributed by atoms with Gasteiger partial charge >= 0.3 is 6.09 Å². The fourth-order valence-electron chi connectivity index (χ4n) is 2.08. The molecule has 4 nitrogen and oxygen atoms in total. The summed E-state index contributed by atoms with van der Waals surface area (Å²) < 4.78 is 5.20. The molecule has 23 heavy (non-hydrogen) atoms. The average Bonchev–Trinajstić information content (AvgIpc) is 2.56. The Labute approximate surface area is 146 Å². The zero-order valence-electron chi connectivity index (χ0n) is 12.8. The van der Waals surface area contributed by atoms with Crippen molar-refractivity contribution in [3.63, 3.8) is 0 Å². The van der Waals surface area contributed by atoms with E-state index < -0.39 is 6.09 Å². The van der Waals surface area contributed by atoms with E-state index in [1.807, 2.05) is 30.3 Å². The molecule has 122 valence electrons. The molecule has 0 aliphatic rings. The van der Waals surface area contributed by atoms with Crippen LogP contribution in [0.25, 0.3) is 0 Å². The first-order valence-electron chi connectivity index (χ1n) is 7.29. The number of nitrogens with zero attached hydrogens (tertiary/aromatic N) is 1. The molecule has 0 aliphatic heterocycles. The van der Waals surface area contributed by atoms with Crippen LogP contribution in [0, 0.1) is 0 Å². The molecule has 0 aromatic heterocycles. The molecule has 0 bridgehead atoms. The SMILES string of the molecule is CCN(CCOC(=O)Nc1ccc(Cl)c(Cl)c1)c1ccccc1. The molecular weight excluding hydrogens is 335 g/mol. The van der Waals surface area contributed by atoms with Gasteiger partial charge in [-0.25, -0.2) is 4.79 Å². The average molecular weight is 353 g/mol. The molecule has 0 radical (unpaired) electrons. The van der Waals surface area contributed by atoms with Gasteiger partial charge in [-0.1, -0.05) is 41.4 Å². The number of ether oxygens (including phenoxy) is 1. The third kappa shape index (κ3) is 5.34. The largest absolute Gasteiger partial charge is 0.447 e. The van der Waals surface area contributed by atoms with Crippen molar-refractivity contribution in [2.75, 3.05) is 29.9 Å². The standard InChI is InChI=1S/C17H18Cl2N2O2/c1-2-21(14-6-4-3-5-7-14)10-11-23-17(22)20-13-8-9-15(18)16(19)12-13/h3-9,12H,2,10-11H2,1H3,(H,20,22). The van der Waals surface area contributed by atoms with Crippen LogP contribution in [0.1, 0.15) is 6.92 Å². The Morgan fingerprint density at radius 3 is 2.52 bits per heavy atom. The van der Waals surface area contributed by atoms with E-state index in [0.29, 0.717) is 22.3 Å². The first kappa shape index (κ1) is 17.4. The lowest BCUT2D eigenvalue weighted by Crippen LogP contribution is -2.28. The maximum atomic E-state index is 11.8. The van der Waals surface area contributed by atoms with Crippen LogP contribution in [0.4, 0.5) is 16.2 Å². The summed E-state index contributed by atoms with van der Waals surface area (Å²) in [6.07, 6.45) is -0.521. The molecule has 0 saturated heterocycles. The van der Waals surface area contributed by atoms with Crippen molar-refractivity contribution < 1.29 is 9.53 Å². The molecule has 0 spiro atoms. The van der Waals surface area contributed by atoms with Gasteiger partial charge in [0.2, 0.25) is 0 Å². The van der Waals surface area contributed by atoms with Crippen molar-refractivity contribution in [2.45, 2.75) is 6.92 Å². The fourth-order valence-corrected chi connectivity index (χ4v) is 2.38. The van der Waals surface area contributed by atoms with Gasteiger partial charge in [-0.3, -0.25) is 5.32 Å². The molecule has 1 amide bonds. The number of likely N-dealkylation sites (N-methyl/N-ethyl adjacent to an activating group) is 1. The van der Waals surface area contributed by atoms with Crippen LogP contribution in [0.15, 0.2) is 48.5 Å². The maximum Gasteiger partial charge on any atom is 0.411 e. The van der Waals surface area contributed by atoms with Crippen molar-refractivity contribution in [1.82, 2.24) is 0 Å². The van der Waals surface area contributed by atoms with Crippen molar-refractivity contribution in [3.05, 3.63) is 58.6 Å². The Balaban J connectivity index is 1.81. The van der Waals surface area contributed by atoms with E-state index in [4.69, 9.17) is 27.9 Å². The number of carbonyl (C=O) groups is 1. The molecule has 6 heteroatoms. The van der Waals surface area contributed by atoms with Gasteiger partial charge in [0.1, 0.15) is 6.61 Å². The monoisotopic (exact) mass is 352 g/mol. The van der Waals surface area contributed by atoms with Crippen LogP contribution < -0.4 is 10.2 Å². The third-order valence-corrected chi connectivity index (χ3v) is 4.00. The second-order valence-electron chi connectivity index (χ2n) is 4.81. The van der Waals surface area contributed by atoms with Gasteiger partial charge in [-0.15, -0.1) is 0 Å². The second-order valence-corrected chi connectivity index (χ2v) is 5.62. The van der Waals surface area contributed by atoms with Gasteiger partial charge < -0.3 is 9.64 Å². The Morgan fingerprint density at radius 1 is 1.13 bits per heavy atom. The minimum atomic E-state index is -0.521. The number of rotatable bonds is 6. The van der Waals surface area contributed by atoms with E-state index in [-0.39, 0.29) is 6.61 Å². The summed E-state index contributed by atoms with van der Waals surface area (Å²) in [5, 5.41) is 3.44. The lowest BCUT2D eigenvalue weighted by atomic mass is 10.3. The van der Waals surface area contributed by atoms with Gasteiger partial charge in [0, 0.05) is 17.9 Å². The number of amides is 1. The lowest BCUT2D eigenvalue weighted by Gasteiger charge is -2.22. The minimum absolute atomic E-state index is 0.288. The Kier molecular flexibility index (Phi) is 6.56. The molecule has 0 heterocycles. The molecule has 0 atom stereocenters. The molecule has 2 aromatic carbocycles. The van der Waals surface area contributed by atoms with Crippen LogP contribution in [0.3, 0.4) is 0 Å². The number of hydrogen-bond donors (Lipinski definition) is 1. The van der Waals surface area contributed by atoms with Gasteiger partial charge in [-0.2, -0.15) is 0 Å². The van der Waals surface area contributed by atoms with Crippen LogP contribution >= 0.6 is 23.2 Å². The van der Waals surface area contributed by atoms with E-state index >= 15 is 0 Å².